The van der Waals surface area contributed by atoms with Gasteiger partial charge in [-0.2, -0.15) is 12.9 Å². The van der Waals surface area contributed by atoms with E-state index >= 15 is 0 Å². The number of nitrogens with two attached hydrogens (primary N) is 2. The maximum absolute atomic E-state index is 12.5. The standard InChI is InChI=1S/C20H26N16O19P4/c21-13-7-15(27-3-25-13)35(19(29-7)31-33-23)17-11(39)9(37)5(51-17)1-49-56(41,42)53-58(45,46)55-59(47,48)54-57(43,44)50-2-6-10(38)12(40)18(52-6)36-16-8(14(22)26-4-28-16)30-20(36)32-34-24/h3-6,9-12,17-18,37-40H,1-2H2,(H,41,42)(H,43,44)(H,45,46)(H,47,48)(H2,21,25,27)(H2,22,26,28)/t5-,6-,9-,10-,11-,12-,17-,18-/m1/s1. The van der Waals surface area contributed by atoms with Crippen molar-refractivity contribution in [2.24, 2.45) is 10.2 Å². The first-order chi connectivity index (χ1) is 27.6. The van der Waals surface area contributed by atoms with Gasteiger partial charge in [0.25, 0.3) is 0 Å². The molecule has 12 N–H and O–H groups in total. The third kappa shape index (κ3) is 9.36. The summed E-state index contributed by atoms with van der Waals surface area (Å²) in [6.07, 6.45) is -12.7. The maximum Gasteiger partial charge on any atom is 0.490 e. The van der Waals surface area contributed by atoms with Crippen molar-refractivity contribution in [1.29, 1.82) is 0 Å². The van der Waals surface area contributed by atoms with E-state index in [2.05, 4.69) is 71.9 Å². The van der Waals surface area contributed by atoms with E-state index in [0.717, 1.165) is 21.8 Å². The number of aliphatic hydroxyl groups is 4. The van der Waals surface area contributed by atoms with Crippen LogP contribution in [0.1, 0.15) is 12.5 Å². The second kappa shape index (κ2) is 16.6. The van der Waals surface area contributed by atoms with Crippen molar-refractivity contribution < 1.29 is 89.7 Å². The number of anilines is 2. The lowest BCUT2D eigenvalue weighted by molar-refractivity contribution is -0.0497. The molecule has 2 aliphatic rings. The quantitative estimate of drug-likeness (QED) is 0.0291. The van der Waals surface area contributed by atoms with Crippen LogP contribution in [0.5, 0.6) is 0 Å². The molecule has 6 rings (SSSR count). The smallest absolute Gasteiger partial charge is 0.387 e. The van der Waals surface area contributed by atoms with Gasteiger partial charge in [-0.05, 0) is 21.3 Å². The summed E-state index contributed by atoms with van der Waals surface area (Å²) in [7, 11) is -24.4. The second-order valence-corrected chi connectivity index (χ2v) is 17.8. The van der Waals surface area contributed by atoms with Crippen LogP contribution >= 0.6 is 31.3 Å². The van der Waals surface area contributed by atoms with Gasteiger partial charge in [0.1, 0.15) is 49.3 Å². The van der Waals surface area contributed by atoms with Crippen LogP contribution in [0, 0.1) is 0 Å². The van der Waals surface area contributed by atoms with Gasteiger partial charge in [-0.3, -0.25) is 18.2 Å². The first kappa shape index (κ1) is 44.2. The Kier molecular flexibility index (Phi) is 12.4. The molecule has 320 valence electrons. The zero-order chi connectivity index (χ0) is 43.2. The monoisotopic (exact) mass is 918 g/mol. The van der Waals surface area contributed by atoms with Crippen molar-refractivity contribution in [1.82, 2.24) is 39.0 Å². The predicted octanol–water partition coefficient (Wildman–Crippen LogP) is -0.563. The number of hydrogen-bond donors (Lipinski definition) is 10. The van der Waals surface area contributed by atoms with Crippen LogP contribution < -0.4 is 11.5 Å². The highest BCUT2D eigenvalue weighted by atomic mass is 31.3. The lowest BCUT2D eigenvalue weighted by atomic mass is 10.1. The number of phosphoric acid groups is 4. The molecule has 59 heavy (non-hydrogen) atoms. The molecule has 0 radical (unpaired) electrons. The number of aromatic nitrogens is 8. The lowest BCUT2D eigenvalue weighted by Gasteiger charge is -2.21. The number of hydrogen-bond acceptors (Lipinski definition) is 25. The molecule has 0 aliphatic carbocycles. The molecule has 2 fully saturated rings. The van der Waals surface area contributed by atoms with Gasteiger partial charge in [0.15, 0.2) is 46.4 Å². The van der Waals surface area contributed by atoms with Gasteiger partial charge in [0, 0.05) is 9.82 Å². The molecule has 39 heteroatoms. The molecule has 2 saturated heterocycles. The molecule has 4 aromatic heterocycles. The molecular weight excluding hydrogens is 892 g/mol. The number of imidazole rings is 2. The Labute approximate surface area is 323 Å². The lowest BCUT2D eigenvalue weighted by Crippen LogP contribution is -2.33. The van der Waals surface area contributed by atoms with E-state index in [9.17, 15) is 58.3 Å². The number of phosphoric ester groups is 2. The fourth-order valence-corrected chi connectivity index (χ4v) is 10.4. The summed E-state index contributed by atoms with van der Waals surface area (Å²) in [5.74, 6) is -1.32. The Morgan fingerprint density at radius 2 is 1.00 bits per heavy atom. The Bertz CT molecular complexity index is 2400. The molecule has 4 unspecified atom stereocenters. The number of rotatable bonds is 16. The minimum absolute atomic E-state index is 0.109. The molecule has 0 saturated carbocycles. The Morgan fingerprint density at radius 3 is 1.36 bits per heavy atom. The van der Waals surface area contributed by atoms with Crippen LogP contribution in [0.2, 0.25) is 0 Å². The van der Waals surface area contributed by atoms with E-state index in [0.29, 0.717) is 0 Å². The molecule has 6 heterocycles. The van der Waals surface area contributed by atoms with Crippen molar-refractivity contribution in [2.45, 2.75) is 49.1 Å². The summed E-state index contributed by atoms with van der Waals surface area (Å²) in [5, 5.41) is 49.1. The van der Waals surface area contributed by atoms with Crippen molar-refractivity contribution in [2.75, 3.05) is 24.7 Å². The van der Waals surface area contributed by atoms with E-state index < -0.39 is 105 Å². The first-order valence-electron chi connectivity index (χ1n) is 15.4. The highest BCUT2D eigenvalue weighted by Crippen LogP contribution is 2.71. The third-order valence-corrected chi connectivity index (χ3v) is 13.8. The topological polar surface area (TPSA) is 531 Å². The number of ether oxygens (including phenoxy) is 2. The fraction of sp³-hybridized carbons (Fsp3) is 0.500. The van der Waals surface area contributed by atoms with Gasteiger partial charge in [-0.25, -0.2) is 48.2 Å². The first-order valence-corrected chi connectivity index (χ1v) is 21.4. The SMILES string of the molecule is [N-]=[N+]=Nc1nc2c(N)ncnc2n1[C@@H]1O[C@H](COP(=O)(O)OP(=O)(O)OP(=O)(O)OP(=O)(O)OC[C@H]2O[C@@H](n3c(N=[N+]=[N-])nc4c(N)ncnc43)[C@H](O)[C@@H]2O)[C@@H](O)[C@H]1O. The summed E-state index contributed by atoms with van der Waals surface area (Å²) >= 11 is 0. The highest BCUT2D eigenvalue weighted by molar-refractivity contribution is 7.69. The van der Waals surface area contributed by atoms with E-state index in [1.54, 1.807) is 0 Å². The van der Waals surface area contributed by atoms with Gasteiger partial charge in [-0.15, -0.1) is 0 Å². The third-order valence-electron chi connectivity index (χ3n) is 7.85. The van der Waals surface area contributed by atoms with Crippen LogP contribution in [0.25, 0.3) is 43.2 Å². The average Bonchev–Trinajstić information content (AvgIpc) is 3.84. The molecule has 4 aromatic rings. The van der Waals surface area contributed by atoms with E-state index in [1.165, 1.54) is 0 Å². The molecule has 0 spiro atoms. The highest BCUT2D eigenvalue weighted by Gasteiger charge is 2.50. The average molecular weight is 918 g/mol. The molecule has 35 nitrogen and oxygen atoms in total. The Hall–Kier alpha value is -4.36. The van der Waals surface area contributed by atoms with E-state index in [-0.39, 0.29) is 34.0 Å². The fourth-order valence-electron chi connectivity index (χ4n) is 5.48. The number of nitrogen functional groups attached to an aromatic ring is 2. The Balaban J connectivity index is 1.05. The van der Waals surface area contributed by atoms with Gasteiger partial charge >= 0.3 is 31.3 Å². The minimum Gasteiger partial charge on any atom is -0.387 e. The van der Waals surface area contributed by atoms with Crippen molar-refractivity contribution in [3.63, 3.8) is 0 Å². The summed E-state index contributed by atoms with van der Waals surface area (Å²) in [6.45, 7) is -2.46. The van der Waals surface area contributed by atoms with Gasteiger partial charge < -0.3 is 60.9 Å². The maximum atomic E-state index is 12.5. The summed E-state index contributed by atoms with van der Waals surface area (Å²) < 4.78 is 83.3. The zero-order valence-electron chi connectivity index (χ0n) is 28.5. The van der Waals surface area contributed by atoms with E-state index in [4.69, 9.17) is 32.0 Å². The number of fused-ring (bicyclic) bond motifs is 2. The Morgan fingerprint density at radius 1 is 0.644 bits per heavy atom. The number of azide groups is 2. The number of nitrogens with zero attached hydrogens (tertiary/aromatic N) is 14. The van der Waals surface area contributed by atoms with Crippen LogP contribution in [0.3, 0.4) is 0 Å². The van der Waals surface area contributed by atoms with Crippen LogP contribution in [0.4, 0.5) is 23.5 Å². The molecule has 2 aliphatic heterocycles. The molecule has 0 amide bonds. The van der Waals surface area contributed by atoms with Crippen LogP contribution in [0.15, 0.2) is 22.9 Å². The van der Waals surface area contributed by atoms with E-state index in [1.807, 2.05) is 0 Å². The normalized spacial score (nSPS) is 28.6. The molecule has 12 atom stereocenters. The van der Waals surface area contributed by atoms with Crippen molar-refractivity contribution >= 4 is 77.2 Å². The van der Waals surface area contributed by atoms with Crippen molar-refractivity contribution in [3.8, 4) is 0 Å². The zero-order valence-corrected chi connectivity index (χ0v) is 32.0. The van der Waals surface area contributed by atoms with Gasteiger partial charge in [0.2, 0.25) is 11.9 Å². The summed E-state index contributed by atoms with van der Waals surface area (Å²) in [5.41, 5.74) is 28.9. The van der Waals surface area contributed by atoms with Gasteiger partial charge in [-0.1, -0.05) is 0 Å². The molecule has 0 bridgehead atoms. The largest absolute Gasteiger partial charge is 0.490 e. The van der Waals surface area contributed by atoms with Crippen LogP contribution in [-0.2, 0) is 49.7 Å². The van der Waals surface area contributed by atoms with Crippen molar-refractivity contribution in [3.05, 3.63) is 33.5 Å². The minimum atomic E-state index is -6.30. The summed E-state index contributed by atoms with van der Waals surface area (Å²) in [6, 6.07) is 0. The molecule has 0 aromatic carbocycles. The number of aliphatic hydroxyl groups excluding tert-OH is 4. The molecular formula is C20H26N16O19P4. The summed E-state index contributed by atoms with van der Waals surface area (Å²) in [4.78, 5) is 68.3. The predicted molar refractivity (Wildman–Crippen MR) is 183 cm³/mol. The van der Waals surface area contributed by atoms with Gasteiger partial charge in [0.05, 0.1) is 13.2 Å². The van der Waals surface area contributed by atoms with Crippen LogP contribution in [-0.4, -0.2) is 129 Å². The second-order valence-electron chi connectivity index (χ2n) is 11.6.